The Morgan fingerprint density at radius 3 is 2.69 bits per heavy atom. The van der Waals surface area contributed by atoms with Crippen LogP contribution in [0.5, 0.6) is 5.75 Å². The number of amides is 2. The number of alkyl halides is 1. The minimum absolute atomic E-state index is 0.146. The number of carbonyl (C=O) groups is 2. The number of carbonyl (C=O) groups excluding carboxylic acids is 2. The number of H-pyrrole nitrogens is 1. The number of rotatable bonds is 7. The lowest BCUT2D eigenvalue weighted by molar-refractivity contribution is -0.120. The zero-order valence-electron chi connectivity index (χ0n) is 20.2. The predicted octanol–water partition coefficient (Wildman–Crippen LogP) is 3.99. The van der Waals surface area contributed by atoms with Crippen molar-refractivity contribution in [2.75, 3.05) is 6.61 Å². The van der Waals surface area contributed by atoms with Crippen molar-refractivity contribution < 1.29 is 23.1 Å². The van der Waals surface area contributed by atoms with Gasteiger partial charge in [-0.05, 0) is 56.7 Å². The van der Waals surface area contributed by atoms with Crippen LogP contribution in [0.1, 0.15) is 55.1 Å². The lowest BCUT2D eigenvalue weighted by Gasteiger charge is -2.32. The van der Waals surface area contributed by atoms with Crippen molar-refractivity contribution in [3.63, 3.8) is 0 Å². The Hall–Kier alpha value is -3.56. The molecule has 3 aromatic rings. The van der Waals surface area contributed by atoms with Crippen LogP contribution in [0.25, 0.3) is 22.3 Å². The highest BCUT2D eigenvalue weighted by Crippen LogP contribution is 2.37. The first-order valence-electron chi connectivity index (χ1n) is 12.3. The van der Waals surface area contributed by atoms with E-state index < -0.39 is 23.9 Å². The molecule has 2 aliphatic carbocycles. The number of aryl methyl sites for hydroxylation is 1. The van der Waals surface area contributed by atoms with Crippen LogP contribution in [0, 0.1) is 18.7 Å². The van der Waals surface area contributed by atoms with Gasteiger partial charge in [-0.2, -0.15) is 0 Å². The van der Waals surface area contributed by atoms with Crippen LogP contribution in [0.2, 0.25) is 0 Å². The topological polar surface area (TPSA) is 109 Å². The van der Waals surface area contributed by atoms with Gasteiger partial charge in [0.05, 0.1) is 23.7 Å². The molecule has 2 saturated carbocycles. The van der Waals surface area contributed by atoms with E-state index in [4.69, 9.17) is 4.74 Å². The van der Waals surface area contributed by atoms with Gasteiger partial charge in [0.15, 0.2) is 0 Å². The van der Waals surface area contributed by atoms with Gasteiger partial charge in [0.25, 0.3) is 5.91 Å². The lowest BCUT2D eigenvalue weighted by Crippen LogP contribution is -2.49. The number of hydrogen-bond donors (Lipinski definition) is 3. The molecule has 2 amide bonds. The molecule has 1 aromatic carbocycles. The van der Waals surface area contributed by atoms with Crippen LogP contribution in [0.3, 0.4) is 0 Å². The summed E-state index contributed by atoms with van der Waals surface area (Å²) >= 11 is 0. The van der Waals surface area contributed by atoms with Gasteiger partial charge in [0.2, 0.25) is 5.91 Å². The van der Waals surface area contributed by atoms with Gasteiger partial charge >= 0.3 is 0 Å². The summed E-state index contributed by atoms with van der Waals surface area (Å²) in [5.41, 5.74) is 2.58. The normalized spacial score (nSPS) is 21.8. The van der Waals surface area contributed by atoms with Gasteiger partial charge in [-0.3, -0.25) is 9.59 Å². The van der Waals surface area contributed by atoms with Crippen molar-refractivity contribution in [1.82, 2.24) is 25.6 Å². The van der Waals surface area contributed by atoms with E-state index in [1.54, 1.807) is 13.0 Å². The molecule has 36 heavy (non-hydrogen) atoms. The Labute approximate surface area is 207 Å². The van der Waals surface area contributed by atoms with Crippen molar-refractivity contribution in [3.05, 3.63) is 41.6 Å². The summed E-state index contributed by atoms with van der Waals surface area (Å²) in [6, 6.07) is 3.39. The first-order chi connectivity index (χ1) is 17.3. The van der Waals surface area contributed by atoms with E-state index >= 15 is 0 Å². The van der Waals surface area contributed by atoms with E-state index in [9.17, 15) is 18.4 Å². The third-order valence-electron chi connectivity index (χ3n) is 6.86. The van der Waals surface area contributed by atoms with Gasteiger partial charge in [-0.1, -0.05) is 0 Å². The second-order valence-electron chi connectivity index (χ2n) is 9.77. The Kier molecular flexibility index (Phi) is 6.59. The second kappa shape index (κ2) is 9.83. The van der Waals surface area contributed by atoms with Crippen molar-refractivity contribution in [1.29, 1.82) is 0 Å². The predicted molar refractivity (Wildman–Crippen MR) is 130 cm³/mol. The third-order valence-corrected chi connectivity index (χ3v) is 6.86. The van der Waals surface area contributed by atoms with Crippen LogP contribution >= 0.6 is 0 Å². The molecule has 3 atom stereocenters. The molecular formula is C26H29F2N5O3. The van der Waals surface area contributed by atoms with E-state index in [1.807, 2.05) is 0 Å². The van der Waals surface area contributed by atoms with Gasteiger partial charge in [0.1, 0.15) is 35.3 Å². The fraction of sp³-hybridized carbons (Fsp3) is 0.462. The number of aromatic nitrogens is 3. The highest BCUT2D eigenvalue weighted by atomic mass is 19.1. The Bertz CT molecular complexity index is 1310. The first-order valence-corrected chi connectivity index (χ1v) is 12.3. The van der Waals surface area contributed by atoms with E-state index in [-0.39, 0.29) is 18.4 Å². The number of fused-ring (bicyclic) bond motifs is 1. The molecule has 2 aromatic heterocycles. The van der Waals surface area contributed by atoms with Crippen molar-refractivity contribution >= 4 is 22.8 Å². The molecule has 0 saturated heterocycles. The molecule has 0 aliphatic heterocycles. The maximum atomic E-state index is 14.8. The monoisotopic (exact) mass is 497 g/mol. The number of benzene rings is 1. The van der Waals surface area contributed by atoms with Gasteiger partial charge in [-0.15, -0.1) is 0 Å². The first kappa shape index (κ1) is 24.1. The van der Waals surface area contributed by atoms with E-state index in [0.29, 0.717) is 64.7 Å². The maximum absolute atomic E-state index is 14.8. The molecule has 2 fully saturated rings. The summed E-state index contributed by atoms with van der Waals surface area (Å²) in [5.74, 6) is -0.0418. The maximum Gasteiger partial charge on any atom is 0.255 e. The van der Waals surface area contributed by atoms with E-state index in [1.165, 1.54) is 25.4 Å². The number of nitrogens with zero attached hydrogens (tertiary/aromatic N) is 2. The largest absolute Gasteiger partial charge is 0.493 e. The fourth-order valence-corrected chi connectivity index (χ4v) is 4.85. The van der Waals surface area contributed by atoms with Crippen LogP contribution in [0.4, 0.5) is 8.78 Å². The van der Waals surface area contributed by atoms with Gasteiger partial charge in [-0.25, -0.2) is 18.7 Å². The molecule has 2 aliphatic rings. The Morgan fingerprint density at radius 2 is 1.97 bits per heavy atom. The zero-order chi connectivity index (χ0) is 25.4. The fourth-order valence-electron chi connectivity index (χ4n) is 4.85. The van der Waals surface area contributed by atoms with Gasteiger partial charge in [0, 0.05) is 30.6 Å². The van der Waals surface area contributed by atoms with E-state index in [0.717, 1.165) is 12.8 Å². The summed E-state index contributed by atoms with van der Waals surface area (Å²) in [6.07, 6.45) is 3.42. The zero-order valence-corrected chi connectivity index (χ0v) is 20.2. The minimum Gasteiger partial charge on any atom is -0.493 e. The lowest BCUT2D eigenvalue weighted by atomic mass is 9.89. The standard InChI is InChI=1S/C26H29F2N5O3/c1-13-22(26(35)33-20-7-6-17(10-19(20)28)32-14(2)34)24-25(31-13)23(29-12-30-24)18-9-16(27)5-8-21(18)36-11-15-3-4-15/h5,8-9,12,15,17,19-20,31H,3-4,6-7,10-11H2,1-2H3,(H,32,34)(H,33,35)/t17-,19-,20+/m1/s1. The average Bonchev–Trinajstić information content (AvgIpc) is 3.59. The molecule has 2 heterocycles. The molecule has 0 spiro atoms. The minimum atomic E-state index is -1.28. The Balaban J connectivity index is 1.41. The quantitative estimate of drug-likeness (QED) is 0.458. The number of aromatic amines is 1. The molecule has 0 unspecified atom stereocenters. The van der Waals surface area contributed by atoms with Crippen molar-refractivity contribution in [2.24, 2.45) is 5.92 Å². The van der Waals surface area contributed by atoms with Crippen LogP contribution in [0.15, 0.2) is 24.5 Å². The Morgan fingerprint density at radius 1 is 1.17 bits per heavy atom. The summed E-state index contributed by atoms with van der Waals surface area (Å²) in [7, 11) is 0. The highest BCUT2D eigenvalue weighted by molar-refractivity contribution is 6.09. The average molecular weight is 498 g/mol. The van der Waals surface area contributed by atoms with Crippen molar-refractivity contribution in [3.8, 4) is 17.0 Å². The number of ether oxygens (including phenoxy) is 1. The molecule has 10 heteroatoms. The molecule has 5 rings (SSSR count). The van der Waals surface area contributed by atoms with Crippen LogP contribution < -0.4 is 15.4 Å². The number of nitrogens with one attached hydrogen (secondary N) is 3. The summed E-state index contributed by atoms with van der Waals surface area (Å²) in [4.78, 5) is 36.4. The molecule has 190 valence electrons. The molecule has 8 nitrogen and oxygen atoms in total. The van der Waals surface area contributed by atoms with Gasteiger partial charge < -0.3 is 20.4 Å². The molecule has 3 N–H and O–H groups in total. The smallest absolute Gasteiger partial charge is 0.255 e. The third kappa shape index (κ3) is 5.03. The summed E-state index contributed by atoms with van der Waals surface area (Å²) in [5, 5.41) is 5.55. The van der Waals surface area contributed by atoms with Crippen LogP contribution in [-0.4, -0.2) is 51.6 Å². The summed E-state index contributed by atoms with van der Waals surface area (Å²) < 4.78 is 35.0. The highest BCUT2D eigenvalue weighted by Gasteiger charge is 2.33. The SMILES string of the molecule is CC(=O)N[C@@H]1CC[C@H](NC(=O)c2c(C)[nH]c3c(-c4cc(F)ccc4OCC4CC4)ncnc23)[C@H](F)C1. The number of halogens is 2. The second-order valence-corrected chi connectivity index (χ2v) is 9.77. The van der Waals surface area contributed by atoms with Crippen LogP contribution in [-0.2, 0) is 4.79 Å². The molecule has 0 radical (unpaired) electrons. The van der Waals surface area contributed by atoms with E-state index in [2.05, 4.69) is 25.6 Å². The summed E-state index contributed by atoms with van der Waals surface area (Å²) in [6.45, 7) is 3.69. The molecule has 0 bridgehead atoms. The number of hydrogen-bond acceptors (Lipinski definition) is 5. The van der Waals surface area contributed by atoms with Crippen molar-refractivity contribution in [2.45, 2.75) is 64.2 Å². The molecular weight excluding hydrogens is 468 g/mol.